The molecule has 0 amide bonds. The molecule has 2 aromatic heterocycles. The van der Waals surface area contributed by atoms with Gasteiger partial charge in [0.15, 0.2) is 5.60 Å². The summed E-state index contributed by atoms with van der Waals surface area (Å²) in [4.78, 5) is 4.30. The summed E-state index contributed by atoms with van der Waals surface area (Å²) in [6.45, 7) is 1.84. The normalized spacial score (nSPS) is 14.0. The number of nitrogens with zero attached hydrogens (tertiary/aromatic N) is 4. The standard InChI is InChI=1S/C15H15ClN4O2/c1-3-15(21,10-5-4-6-11(16)9-10)14-17-13(19-22-14)12-7-8-20(2)18-12/h4-9,21H,3H2,1-2H3/t15-/m0/s1. The van der Waals surface area contributed by atoms with E-state index in [4.69, 9.17) is 16.1 Å². The van der Waals surface area contributed by atoms with Crippen LogP contribution in [0.4, 0.5) is 0 Å². The molecule has 0 radical (unpaired) electrons. The predicted octanol–water partition coefficient (Wildman–Crippen LogP) is 2.77. The maximum atomic E-state index is 11.0. The van der Waals surface area contributed by atoms with Crippen molar-refractivity contribution in [3.63, 3.8) is 0 Å². The van der Waals surface area contributed by atoms with Crippen molar-refractivity contribution in [2.45, 2.75) is 18.9 Å². The van der Waals surface area contributed by atoms with Crippen LogP contribution in [0.5, 0.6) is 0 Å². The van der Waals surface area contributed by atoms with Gasteiger partial charge >= 0.3 is 0 Å². The number of benzene rings is 1. The molecule has 7 heteroatoms. The van der Waals surface area contributed by atoms with Gasteiger partial charge in [0, 0.05) is 18.3 Å². The van der Waals surface area contributed by atoms with Crippen molar-refractivity contribution in [1.82, 2.24) is 19.9 Å². The van der Waals surface area contributed by atoms with Gasteiger partial charge in [0.25, 0.3) is 5.89 Å². The minimum absolute atomic E-state index is 0.123. The Morgan fingerprint density at radius 3 is 2.82 bits per heavy atom. The smallest absolute Gasteiger partial charge is 0.263 e. The lowest BCUT2D eigenvalue weighted by atomic mass is 9.91. The van der Waals surface area contributed by atoms with E-state index >= 15 is 0 Å². The predicted molar refractivity (Wildman–Crippen MR) is 81.2 cm³/mol. The van der Waals surface area contributed by atoms with E-state index in [0.29, 0.717) is 28.5 Å². The number of aromatic nitrogens is 4. The SMILES string of the molecule is CC[C@](O)(c1cccc(Cl)c1)c1nc(-c2ccn(C)n2)no1. The summed E-state index contributed by atoms with van der Waals surface area (Å²) in [6.07, 6.45) is 2.16. The molecule has 0 saturated carbocycles. The van der Waals surface area contributed by atoms with Crippen molar-refractivity contribution in [1.29, 1.82) is 0 Å². The van der Waals surface area contributed by atoms with Crippen LogP contribution in [0.15, 0.2) is 41.1 Å². The highest BCUT2D eigenvalue weighted by Gasteiger charge is 2.36. The summed E-state index contributed by atoms with van der Waals surface area (Å²) in [5, 5.41) is 19.6. The molecule has 114 valence electrons. The quantitative estimate of drug-likeness (QED) is 0.800. The fraction of sp³-hybridized carbons (Fsp3) is 0.267. The number of aryl methyl sites for hydroxylation is 1. The van der Waals surface area contributed by atoms with Gasteiger partial charge in [-0.05, 0) is 30.2 Å². The van der Waals surface area contributed by atoms with Crippen LogP contribution >= 0.6 is 11.6 Å². The second kappa shape index (κ2) is 5.55. The Morgan fingerprint density at radius 2 is 2.18 bits per heavy atom. The third kappa shape index (κ3) is 2.51. The fourth-order valence-electron chi connectivity index (χ4n) is 2.25. The first kappa shape index (κ1) is 14.7. The average Bonchev–Trinajstić information content (AvgIpc) is 3.15. The second-order valence-electron chi connectivity index (χ2n) is 5.02. The number of aliphatic hydroxyl groups is 1. The van der Waals surface area contributed by atoms with E-state index in [9.17, 15) is 5.11 Å². The van der Waals surface area contributed by atoms with Crippen molar-refractivity contribution in [3.8, 4) is 11.5 Å². The van der Waals surface area contributed by atoms with E-state index in [1.807, 2.05) is 6.92 Å². The molecule has 0 aliphatic heterocycles. The van der Waals surface area contributed by atoms with Crippen LogP contribution in [-0.4, -0.2) is 25.0 Å². The first-order valence-corrected chi connectivity index (χ1v) is 7.23. The lowest BCUT2D eigenvalue weighted by Crippen LogP contribution is -2.26. The molecular weight excluding hydrogens is 304 g/mol. The van der Waals surface area contributed by atoms with E-state index in [-0.39, 0.29) is 5.89 Å². The Morgan fingerprint density at radius 1 is 1.36 bits per heavy atom. The van der Waals surface area contributed by atoms with Crippen molar-refractivity contribution in [3.05, 3.63) is 53.0 Å². The molecule has 0 saturated heterocycles. The first-order valence-electron chi connectivity index (χ1n) is 6.85. The Bertz CT molecular complexity index is 798. The summed E-state index contributed by atoms with van der Waals surface area (Å²) < 4.78 is 6.92. The molecule has 1 atom stereocenters. The van der Waals surface area contributed by atoms with Gasteiger partial charge in [-0.25, -0.2) is 0 Å². The van der Waals surface area contributed by atoms with Crippen LogP contribution < -0.4 is 0 Å². The first-order chi connectivity index (χ1) is 10.5. The van der Waals surface area contributed by atoms with Crippen LogP contribution in [0.1, 0.15) is 24.8 Å². The maximum absolute atomic E-state index is 11.0. The van der Waals surface area contributed by atoms with Gasteiger partial charge in [0.2, 0.25) is 5.82 Å². The number of rotatable bonds is 4. The molecule has 6 nitrogen and oxygen atoms in total. The highest BCUT2D eigenvalue weighted by Crippen LogP contribution is 2.33. The summed E-state index contributed by atoms with van der Waals surface area (Å²) in [5.41, 5.74) is -0.189. The van der Waals surface area contributed by atoms with Gasteiger partial charge in [-0.2, -0.15) is 10.1 Å². The van der Waals surface area contributed by atoms with Gasteiger partial charge < -0.3 is 9.63 Å². The zero-order chi connectivity index (χ0) is 15.7. The molecular formula is C15H15ClN4O2. The molecule has 0 aliphatic rings. The van der Waals surface area contributed by atoms with E-state index in [1.54, 1.807) is 48.3 Å². The Balaban J connectivity index is 2.02. The molecule has 22 heavy (non-hydrogen) atoms. The van der Waals surface area contributed by atoms with Crippen molar-refractivity contribution in [2.24, 2.45) is 7.05 Å². The summed E-state index contributed by atoms with van der Waals surface area (Å²) >= 11 is 6.01. The van der Waals surface area contributed by atoms with Gasteiger partial charge in [-0.3, -0.25) is 4.68 Å². The average molecular weight is 319 g/mol. The summed E-state index contributed by atoms with van der Waals surface area (Å²) in [7, 11) is 1.80. The van der Waals surface area contributed by atoms with E-state index < -0.39 is 5.60 Å². The molecule has 0 fully saturated rings. The number of hydrogen-bond donors (Lipinski definition) is 1. The molecule has 3 rings (SSSR count). The summed E-state index contributed by atoms with van der Waals surface area (Å²) in [6, 6.07) is 8.76. The maximum Gasteiger partial charge on any atom is 0.263 e. The molecule has 2 heterocycles. The highest BCUT2D eigenvalue weighted by atomic mass is 35.5. The Labute approximate surface area is 132 Å². The lowest BCUT2D eigenvalue weighted by Gasteiger charge is -2.22. The van der Waals surface area contributed by atoms with Gasteiger partial charge in [-0.1, -0.05) is 35.8 Å². The molecule has 0 spiro atoms. The zero-order valence-electron chi connectivity index (χ0n) is 12.2. The third-order valence-corrected chi connectivity index (χ3v) is 3.77. The van der Waals surface area contributed by atoms with Crippen LogP contribution in [0.25, 0.3) is 11.5 Å². The van der Waals surface area contributed by atoms with E-state index in [1.165, 1.54) is 0 Å². The minimum atomic E-state index is -1.38. The van der Waals surface area contributed by atoms with Crippen LogP contribution in [0.3, 0.4) is 0 Å². The van der Waals surface area contributed by atoms with Gasteiger partial charge in [-0.15, -0.1) is 0 Å². The largest absolute Gasteiger partial charge is 0.375 e. The molecule has 1 aromatic carbocycles. The Kier molecular flexibility index (Phi) is 3.72. The minimum Gasteiger partial charge on any atom is -0.375 e. The van der Waals surface area contributed by atoms with Crippen molar-refractivity contribution in [2.75, 3.05) is 0 Å². The van der Waals surface area contributed by atoms with Crippen molar-refractivity contribution >= 4 is 11.6 Å². The highest BCUT2D eigenvalue weighted by molar-refractivity contribution is 6.30. The molecule has 0 aliphatic carbocycles. The van der Waals surface area contributed by atoms with E-state index in [2.05, 4.69) is 15.2 Å². The zero-order valence-corrected chi connectivity index (χ0v) is 12.9. The summed E-state index contributed by atoms with van der Waals surface area (Å²) in [5.74, 6) is 0.461. The number of hydrogen-bond acceptors (Lipinski definition) is 5. The van der Waals surface area contributed by atoms with Crippen LogP contribution in [0, 0.1) is 0 Å². The van der Waals surface area contributed by atoms with Gasteiger partial charge in [0.05, 0.1) is 0 Å². The van der Waals surface area contributed by atoms with Crippen molar-refractivity contribution < 1.29 is 9.63 Å². The molecule has 3 aromatic rings. The lowest BCUT2D eigenvalue weighted by molar-refractivity contribution is 0.0409. The van der Waals surface area contributed by atoms with Crippen LogP contribution in [-0.2, 0) is 12.6 Å². The molecule has 0 unspecified atom stereocenters. The number of halogens is 1. The fourth-order valence-corrected chi connectivity index (χ4v) is 2.44. The topological polar surface area (TPSA) is 77.0 Å². The monoisotopic (exact) mass is 318 g/mol. The van der Waals surface area contributed by atoms with Gasteiger partial charge in [0.1, 0.15) is 5.69 Å². The van der Waals surface area contributed by atoms with Crippen LogP contribution in [0.2, 0.25) is 5.02 Å². The third-order valence-electron chi connectivity index (χ3n) is 3.54. The second-order valence-corrected chi connectivity index (χ2v) is 5.46. The van der Waals surface area contributed by atoms with E-state index in [0.717, 1.165) is 0 Å². The molecule has 0 bridgehead atoms. The molecule has 1 N–H and O–H groups in total. The Hall–Kier alpha value is -2.18.